The lowest BCUT2D eigenvalue weighted by atomic mass is 10.1. The molecule has 0 aromatic rings. The zero-order valence-corrected chi connectivity index (χ0v) is 16.8. The number of aliphatic carboxylic acids is 1. The molecule has 6 nitrogen and oxygen atoms in total. The Bertz CT molecular complexity index is 338. The van der Waals surface area contributed by atoms with Gasteiger partial charge in [0.05, 0.1) is 6.42 Å². The highest BCUT2D eigenvalue weighted by atomic mass is 33.1. The molecule has 1 heterocycles. The van der Waals surface area contributed by atoms with E-state index in [9.17, 15) is 9.59 Å². The Morgan fingerprint density at radius 3 is 2.42 bits per heavy atom. The van der Waals surface area contributed by atoms with Crippen LogP contribution in [0.1, 0.15) is 59.3 Å². The third kappa shape index (κ3) is 17.5. The minimum absolute atomic E-state index is 0.0122. The van der Waals surface area contributed by atoms with E-state index in [4.69, 9.17) is 9.90 Å². The fourth-order valence-corrected chi connectivity index (χ4v) is 4.91. The number of carbonyl (C=O) groups excluding carboxylic acids is 2. The predicted octanol–water partition coefficient (Wildman–Crippen LogP) is 3.07. The van der Waals surface area contributed by atoms with Crippen molar-refractivity contribution in [2.75, 3.05) is 12.8 Å². The maximum Gasteiger partial charge on any atom is 0.305 e. The van der Waals surface area contributed by atoms with E-state index in [0.29, 0.717) is 12.8 Å². The number of hydrogen-bond acceptors (Lipinski definition) is 5. The number of rotatable bonds is 9. The van der Waals surface area contributed by atoms with Crippen LogP contribution in [0.5, 0.6) is 0 Å². The molecule has 0 aromatic heterocycles. The van der Waals surface area contributed by atoms with E-state index in [1.165, 1.54) is 18.6 Å². The summed E-state index contributed by atoms with van der Waals surface area (Å²) in [6.45, 7) is 5.72. The van der Waals surface area contributed by atoms with Crippen molar-refractivity contribution in [3.63, 3.8) is 0 Å². The first-order valence-electron chi connectivity index (χ1n) is 8.40. The molecule has 0 bridgehead atoms. The topological polar surface area (TPSA) is 95.5 Å². The second kappa shape index (κ2) is 18.4. The highest BCUT2D eigenvalue weighted by Crippen LogP contribution is 2.39. The van der Waals surface area contributed by atoms with Crippen LogP contribution in [0.4, 0.5) is 0 Å². The van der Waals surface area contributed by atoms with E-state index in [1.54, 1.807) is 14.0 Å². The molecule has 2 amide bonds. The lowest BCUT2D eigenvalue weighted by Gasteiger charge is -2.11. The Balaban J connectivity index is 0. The summed E-state index contributed by atoms with van der Waals surface area (Å²) >= 11 is 0. The van der Waals surface area contributed by atoms with Gasteiger partial charge in [0, 0.05) is 30.5 Å². The van der Waals surface area contributed by atoms with Gasteiger partial charge in [-0.1, -0.05) is 41.9 Å². The molecule has 2 atom stereocenters. The molecule has 2 unspecified atom stereocenters. The molecule has 0 aliphatic carbocycles. The summed E-state index contributed by atoms with van der Waals surface area (Å²) in [7, 11) is 5.47. The number of carboxylic acid groups (broad SMARTS) is 1. The molecule has 142 valence electrons. The quantitative estimate of drug-likeness (QED) is 0.323. The van der Waals surface area contributed by atoms with Gasteiger partial charge in [0.25, 0.3) is 0 Å². The highest BCUT2D eigenvalue weighted by molar-refractivity contribution is 8.77. The molecule has 1 fully saturated rings. The number of carboxylic acids is 1. The Labute approximate surface area is 153 Å². The van der Waals surface area contributed by atoms with Gasteiger partial charge in [-0.2, -0.15) is 0 Å². The molecule has 8 heteroatoms. The summed E-state index contributed by atoms with van der Waals surface area (Å²) in [6.07, 6.45) is 5.58. The molecular formula is C16H32N2O4S2. The highest BCUT2D eigenvalue weighted by Gasteiger charge is 2.16. The molecule has 0 saturated carbocycles. The van der Waals surface area contributed by atoms with Crippen molar-refractivity contribution < 1.29 is 19.5 Å². The lowest BCUT2D eigenvalue weighted by molar-refractivity contribution is -0.137. The predicted molar refractivity (Wildman–Crippen MR) is 103 cm³/mol. The van der Waals surface area contributed by atoms with E-state index in [0.717, 1.165) is 18.1 Å². The molecule has 1 rings (SSSR count). The normalized spacial score (nSPS) is 16.6. The maximum absolute atomic E-state index is 11.5. The molecule has 24 heavy (non-hydrogen) atoms. The van der Waals surface area contributed by atoms with E-state index in [2.05, 4.69) is 10.6 Å². The maximum atomic E-state index is 11.5. The average molecular weight is 381 g/mol. The van der Waals surface area contributed by atoms with Gasteiger partial charge in [-0.05, 0) is 26.2 Å². The molecule has 1 saturated heterocycles. The monoisotopic (exact) mass is 380 g/mol. The minimum atomic E-state index is -0.876. The summed E-state index contributed by atoms with van der Waals surface area (Å²) in [5, 5.41) is 14.3. The Hall–Kier alpha value is -0.890. The zero-order valence-electron chi connectivity index (χ0n) is 15.2. The SMILES string of the molecule is CC.CC(CC(=O)O)NC(=O)CCCCC1CCSS1.CNC=O. The van der Waals surface area contributed by atoms with E-state index in [1.807, 2.05) is 35.4 Å². The van der Waals surface area contributed by atoms with Gasteiger partial charge in [-0.3, -0.25) is 14.4 Å². The Kier molecular flexibility index (Phi) is 19.5. The summed E-state index contributed by atoms with van der Waals surface area (Å²) < 4.78 is 0. The van der Waals surface area contributed by atoms with Gasteiger partial charge < -0.3 is 15.7 Å². The van der Waals surface area contributed by atoms with Crippen LogP contribution < -0.4 is 10.6 Å². The molecule has 1 aliphatic rings. The Morgan fingerprint density at radius 1 is 1.33 bits per heavy atom. The summed E-state index contributed by atoms with van der Waals surface area (Å²) in [4.78, 5) is 31.0. The summed E-state index contributed by atoms with van der Waals surface area (Å²) in [5.74, 6) is 0.346. The number of amides is 2. The van der Waals surface area contributed by atoms with Crippen molar-refractivity contribution in [2.45, 2.75) is 70.6 Å². The van der Waals surface area contributed by atoms with Crippen LogP contribution in [0.15, 0.2) is 0 Å². The van der Waals surface area contributed by atoms with E-state index in [-0.39, 0.29) is 18.4 Å². The third-order valence-electron chi connectivity index (χ3n) is 2.91. The van der Waals surface area contributed by atoms with Gasteiger partial charge in [0.1, 0.15) is 0 Å². The third-order valence-corrected chi connectivity index (χ3v) is 5.92. The number of nitrogens with one attached hydrogen (secondary N) is 2. The fourth-order valence-electron chi connectivity index (χ4n) is 1.88. The molecule has 0 spiro atoms. The van der Waals surface area contributed by atoms with Crippen LogP contribution in [0.2, 0.25) is 0 Å². The summed E-state index contributed by atoms with van der Waals surface area (Å²) in [6, 6.07) is -0.281. The first-order chi connectivity index (χ1) is 11.5. The van der Waals surface area contributed by atoms with Gasteiger partial charge in [-0.15, -0.1) is 0 Å². The van der Waals surface area contributed by atoms with Gasteiger partial charge >= 0.3 is 5.97 Å². The van der Waals surface area contributed by atoms with Gasteiger partial charge in [-0.25, -0.2) is 0 Å². The average Bonchev–Trinajstić information content (AvgIpc) is 3.06. The van der Waals surface area contributed by atoms with Gasteiger partial charge in [0.15, 0.2) is 0 Å². The number of hydrogen-bond donors (Lipinski definition) is 3. The standard InChI is InChI=1S/C12H21NO3S2.C2H5NO.C2H6/c1-9(8-12(15)16)13-11(14)5-3-2-4-10-6-7-17-18-10;1-3-2-4;1-2/h9-10H,2-8H2,1H3,(H,13,14)(H,15,16);2H,1H3,(H,3,4);1-2H3. The molecule has 0 aromatic carbocycles. The summed E-state index contributed by atoms with van der Waals surface area (Å²) in [5.41, 5.74) is 0. The van der Waals surface area contributed by atoms with Crippen LogP contribution in [-0.4, -0.2) is 47.5 Å². The zero-order chi connectivity index (χ0) is 18.8. The van der Waals surface area contributed by atoms with Gasteiger partial charge in [0.2, 0.25) is 12.3 Å². The van der Waals surface area contributed by atoms with E-state index >= 15 is 0 Å². The molecule has 3 N–H and O–H groups in total. The van der Waals surface area contributed by atoms with Crippen molar-refractivity contribution in [1.29, 1.82) is 0 Å². The van der Waals surface area contributed by atoms with Crippen LogP contribution in [0.3, 0.4) is 0 Å². The fraction of sp³-hybridized carbons (Fsp3) is 0.812. The molecule has 0 radical (unpaired) electrons. The molecular weight excluding hydrogens is 348 g/mol. The van der Waals surface area contributed by atoms with Crippen LogP contribution in [0.25, 0.3) is 0 Å². The van der Waals surface area contributed by atoms with E-state index < -0.39 is 5.97 Å². The lowest BCUT2D eigenvalue weighted by Crippen LogP contribution is -2.33. The smallest absolute Gasteiger partial charge is 0.305 e. The van der Waals surface area contributed by atoms with Crippen molar-refractivity contribution in [2.24, 2.45) is 0 Å². The van der Waals surface area contributed by atoms with Crippen LogP contribution in [-0.2, 0) is 14.4 Å². The molecule has 1 aliphatic heterocycles. The first kappa shape index (κ1) is 25.4. The second-order valence-electron chi connectivity index (χ2n) is 5.05. The second-order valence-corrected chi connectivity index (χ2v) is 7.84. The van der Waals surface area contributed by atoms with Crippen molar-refractivity contribution >= 4 is 39.9 Å². The van der Waals surface area contributed by atoms with Crippen LogP contribution >= 0.6 is 21.6 Å². The first-order valence-corrected chi connectivity index (χ1v) is 10.8. The van der Waals surface area contributed by atoms with Crippen molar-refractivity contribution in [3.05, 3.63) is 0 Å². The van der Waals surface area contributed by atoms with Crippen molar-refractivity contribution in [3.8, 4) is 0 Å². The number of unbranched alkanes of at least 4 members (excludes halogenated alkanes) is 1. The van der Waals surface area contributed by atoms with Crippen LogP contribution in [0, 0.1) is 0 Å². The minimum Gasteiger partial charge on any atom is -0.481 e. The Morgan fingerprint density at radius 2 is 1.96 bits per heavy atom. The number of carbonyl (C=O) groups is 3. The van der Waals surface area contributed by atoms with Crippen molar-refractivity contribution in [1.82, 2.24) is 10.6 Å². The largest absolute Gasteiger partial charge is 0.481 e.